The van der Waals surface area contributed by atoms with Crippen molar-refractivity contribution in [1.29, 1.82) is 0 Å². The summed E-state index contributed by atoms with van der Waals surface area (Å²) in [7, 11) is 0. The number of rotatable bonds is 7. The van der Waals surface area contributed by atoms with Crippen LogP contribution < -0.4 is 5.56 Å². The van der Waals surface area contributed by atoms with Gasteiger partial charge in [0.15, 0.2) is 0 Å². The molecule has 168 valence electrons. The third-order valence-electron chi connectivity index (χ3n) is 4.93. The normalized spacial score (nSPS) is 15.1. The zero-order valence-corrected chi connectivity index (χ0v) is 20.0. The van der Waals surface area contributed by atoms with Crippen LogP contribution in [0.15, 0.2) is 68.3 Å². The summed E-state index contributed by atoms with van der Waals surface area (Å²) < 4.78 is 1.82. The number of aliphatic carboxylic acids is 1. The van der Waals surface area contributed by atoms with Crippen molar-refractivity contribution in [2.24, 2.45) is 0 Å². The molecular weight excluding hydrogens is 478 g/mol. The van der Waals surface area contributed by atoms with E-state index in [1.54, 1.807) is 18.3 Å². The zero-order valence-electron chi connectivity index (χ0n) is 17.6. The molecule has 1 fully saturated rings. The van der Waals surface area contributed by atoms with Crippen LogP contribution in [0.1, 0.15) is 24.0 Å². The first-order valence-electron chi connectivity index (χ1n) is 10.1. The lowest BCUT2D eigenvalue weighted by Gasteiger charge is -2.13. The number of aromatic nitrogens is 2. The second kappa shape index (κ2) is 9.90. The lowest BCUT2D eigenvalue weighted by Crippen LogP contribution is -2.29. The molecule has 3 aromatic rings. The summed E-state index contributed by atoms with van der Waals surface area (Å²) in [5.74, 6) is -1.26. The van der Waals surface area contributed by atoms with Gasteiger partial charge < -0.3 is 5.11 Å². The summed E-state index contributed by atoms with van der Waals surface area (Å²) in [6.45, 7) is 2.11. The Morgan fingerprint density at radius 2 is 1.97 bits per heavy atom. The van der Waals surface area contributed by atoms with Gasteiger partial charge in [0.25, 0.3) is 11.5 Å². The fraction of sp³-hybridized carbons (Fsp3) is 0.174. The SMILES string of the molecule is Cc1cccn2c(=O)c(C=C3SC(=S)N(CCCC(=O)O)C3=O)c(Sc3ccccc3)nc12. The Morgan fingerprint density at radius 3 is 2.70 bits per heavy atom. The van der Waals surface area contributed by atoms with E-state index in [0.717, 1.165) is 22.2 Å². The minimum absolute atomic E-state index is 0.0523. The number of fused-ring (bicyclic) bond motifs is 1. The van der Waals surface area contributed by atoms with Crippen LogP contribution in [-0.2, 0) is 9.59 Å². The second-order valence-electron chi connectivity index (χ2n) is 7.27. The molecule has 3 heterocycles. The Hall–Kier alpha value is -2.95. The molecule has 0 spiro atoms. The Balaban J connectivity index is 1.77. The number of aryl methyl sites for hydroxylation is 1. The highest BCUT2D eigenvalue weighted by atomic mass is 32.2. The van der Waals surface area contributed by atoms with Gasteiger partial charge in [-0.1, -0.05) is 60.0 Å². The van der Waals surface area contributed by atoms with Crippen molar-refractivity contribution in [2.45, 2.75) is 29.7 Å². The molecule has 1 aromatic carbocycles. The molecule has 0 bridgehead atoms. The molecule has 10 heteroatoms. The average Bonchev–Trinajstić information content (AvgIpc) is 3.05. The van der Waals surface area contributed by atoms with Gasteiger partial charge in [-0.25, -0.2) is 4.98 Å². The first-order chi connectivity index (χ1) is 15.8. The molecule has 33 heavy (non-hydrogen) atoms. The maximum absolute atomic E-state index is 13.4. The van der Waals surface area contributed by atoms with Crippen LogP contribution in [0.3, 0.4) is 0 Å². The van der Waals surface area contributed by atoms with E-state index in [4.69, 9.17) is 22.3 Å². The summed E-state index contributed by atoms with van der Waals surface area (Å²) in [4.78, 5) is 44.6. The number of benzene rings is 1. The fourth-order valence-corrected chi connectivity index (χ4v) is 5.50. The van der Waals surface area contributed by atoms with E-state index < -0.39 is 5.97 Å². The highest BCUT2D eigenvalue weighted by Gasteiger charge is 2.32. The Kier molecular flexibility index (Phi) is 6.96. The summed E-state index contributed by atoms with van der Waals surface area (Å²) >= 11 is 7.79. The molecule has 0 radical (unpaired) electrons. The van der Waals surface area contributed by atoms with Gasteiger partial charge in [-0.2, -0.15) is 0 Å². The number of thiocarbonyl (C=S) groups is 1. The van der Waals surface area contributed by atoms with Gasteiger partial charge in [0.05, 0.1) is 10.5 Å². The van der Waals surface area contributed by atoms with Gasteiger partial charge in [0, 0.05) is 24.1 Å². The maximum Gasteiger partial charge on any atom is 0.303 e. The smallest absolute Gasteiger partial charge is 0.303 e. The first-order valence-corrected chi connectivity index (χ1v) is 12.1. The van der Waals surface area contributed by atoms with Gasteiger partial charge in [-0.15, -0.1) is 0 Å². The molecule has 0 saturated carbocycles. The minimum atomic E-state index is -0.927. The Morgan fingerprint density at radius 1 is 1.21 bits per heavy atom. The van der Waals surface area contributed by atoms with Crippen molar-refractivity contribution in [1.82, 2.24) is 14.3 Å². The molecule has 0 unspecified atom stereocenters. The molecule has 1 saturated heterocycles. The number of nitrogens with zero attached hydrogens (tertiary/aromatic N) is 3. The van der Waals surface area contributed by atoms with Crippen LogP contribution in [0.25, 0.3) is 11.7 Å². The lowest BCUT2D eigenvalue weighted by molar-refractivity contribution is -0.137. The average molecular weight is 498 g/mol. The van der Waals surface area contributed by atoms with E-state index in [1.807, 2.05) is 43.3 Å². The lowest BCUT2D eigenvalue weighted by atomic mass is 10.2. The molecular formula is C23H19N3O4S3. The monoisotopic (exact) mass is 497 g/mol. The number of hydrogen-bond acceptors (Lipinski definition) is 7. The highest BCUT2D eigenvalue weighted by molar-refractivity contribution is 8.26. The number of carboxylic acid groups (broad SMARTS) is 1. The molecule has 0 atom stereocenters. The summed E-state index contributed by atoms with van der Waals surface area (Å²) in [6, 6.07) is 13.2. The Labute approximate surface area is 203 Å². The van der Waals surface area contributed by atoms with Crippen molar-refractivity contribution in [3.05, 3.63) is 75.0 Å². The maximum atomic E-state index is 13.4. The van der Waals surface area contributed by atoms with Crippen molar-refractivity contribution >= 4 is 63.7 Å². The molecule has 7 nitrogen and oxygen atoms in total. The van der Waals surface area contributed by atoms with Crippen LogP contribution in [-0.4, -0.2) is 42.1 Å². The van der Waals surface area contributed by atoms with Gasteiger partial charge >= 0.3 is 5.97 Å². The van der Waals surface area contributed by atoms with E-state index in [-0.39, 0.29) is 24.4 Å². The minimum Gasteiger partial charge on any atom is -0.481 e. The van der Waals surface area contributed by atoms with Crippen molar-refractivity contribution < 1.29 is 14.7 Å². The summed E-state index contributed by atoms with van der Waals surface area (Å²) in [5.41, 5.74) is 1.44. The standard InChI is InChI=1S/C23H19N3O4S3/c1-14-7-5-11-25-19(14)24-20(32-15-8-3-2-4-9-15)16(21(25)29)13-17-22(30)26(23(31)33-17)12-6-10-18(27)28/h2-5,7-9,11,13H,6,10,12H2,1H3,(H,27,28). The number of amides is 1. The quantitative estimate of drug-likeness (QED) is 0.295. The highest BCUT2D eigenvalue weighted by Crippen LogP contribution is 2.35. The van der Waals surface area contributed by atoms with E-state index in [2.05, 4.69) is 0 Å². The largest absolute Gasteiger partial charge is 0.481 e. The molecule has 4 rings (SSSR count). The number of thioether (sulfide) groups is 1. The van der Waals surface area contributed by atoms with Crippen LogP contribution in [0, 0.1) is 6.92 Å². The van der Waals surface area contributed by atoms with E-state index in [1.165, 1.54) is 21.1 Å². The predicted octanol–water partition coefficient (Wildman–Crippen LogP) is 4.22. The molecule has 1 N–H and O–H groups in total. The number of carboxylic acids is 1. The molecule has 0 aliphatic carbocycles. The fourth-order valence-electron chi connectivity index (χ4n) is 3.31. The summed E-state index contributed by atoms with van der Waals surface area (Å²) in [6.07, 6.45) is 3.45. The predicted molar refractivity (Wildman–Crippen MR) is 134 cm³/mol. The van der Waals surface area contributed by atoms with Crippen molar-refractivity contribution in [3.63, 3.8) is 0 Å². The molecule has 1 aliphatic heterocycles. The van der Waals surface area contributed by atoms with Crippen molar-refractivity contribution in [3.8, 4) is 0 Å². The van der Waals surface area contributed by atoms with Gasteiger partial charge in [0.1, 0.15) is 15.0 Å². The number of carbonyl (C=O) groups is 2. The zero-order chi connectivity index (χ0) is 23.5. The first kappa shape index (κ1) is 23.2. The second-order valence-corrected chi connectivity index (χ2v) is 10.0. The van der Waals surface area contributed by atoms with Crippen LogP contribution in [0.2, 0.25) is 0 Å². The topological polar surface area (TPSA) is 92.0 Å². The van der Waals surface area contributed by atoms with Gasteiger partial charge in [0.2, 0.25) is 0 Å². The van der Waals surface area contributed by atoms with Crippen LogP contribution in [0.4, 0.5) is 0 Å². The van der Waals surface area contributed by atoms with E-state index in [9.17, 15) is 14.4 Å². The van der Waals surface area contributed by atoms with Crippen LogP contribution >= 0.6 is 35.7 Å². The molecule has 2 aromatic heterocycles. The number of hydrogen-bond donors (Lipinski definition) is 1. The van der Waals surface area contributed by atoms with E-state index >= 15 is 0 Å². The van der Waals surface area contributed by atoms with Crippen molar-refractivity contribution in [2.75, 3.05) is 6.54 Å². The number of carbonyl (C=O) groups excluding carboxylic acids is 1. The van der Waals surface area contributed by atoms with Gasteiger partial charge in [-0.3, -0.25) is 23.7 Å². The van der Waals surface area contributed by atoms with Crippen LogP contribution in [0.5, 0.6) is 0 Å². The third kappa shape index (κ3) is 5.02. The number of pyridine rings is 1. The van der Waals surface area contributed by atoms with E-state index in [0.29, 0.717) is 31.9 Å². The molecule has 1 amide bonds. The Bertz CT molecular complexity index is 1350. The molecule has 1 aliphatic rings. The third-order valence-corrected chi connectivity index (χ3v) is 7.32. The van der Waals surface area contributed by atoms with Gasteiger partial charge in [-0.05, 0) is 43.2 Å². The summed E-state index contributed by atoms with van der Waals surface area (Å²) in [5, 5.41) is 9.35.